The van der Waals surface area contributed by atoms with Crippen LogP contribution in [0.4, 0.5) is 0 Å². The Balaban J connectivity index is 0.00000220. The molecule has 2 saturated heterocycles. The summed E-state index contributed by atoms with van der Waals surface area (Å²) in [5, 5.41) is 3.21. The molecule has 2 amide bonds. The van der Waals surface area contributed by atoms with Crippen molar-refractivity contribution in [3.63, 3.8) is 0 Å². The zero-order chi connectivity index (χ0) is 14.5. The maximum absolute atomic E-state index is 12.6. The Morgan fingerprint density at radius 1 is 1.33 bits per heavy atom. The maximum Gasteiger partial charge on any atom is 0.245 e. The van der Waals surface area contributed by atoms with Crippen molar-refractivity contribution in [2.45, 2.75) is 45.1 Å². The van der Waals surface area contributed by atoms with E-state index in [9.17, 15) is 9.59 Å². The van der Waals surface area contributed by atoms with Crippen LogP contribution in [0.25, 0.3) is 0 Å². The van der Waals surface area contributed by atoms with E-state index in [0.29, 0.717) is 12.3 Å². The molecule has 1 N–H and O–H groups in total. The Hall–Kier alpha value is -0.810. The summed E-state index contributed by atoms with van der Waals surface area (Å²) in [7, 11) is 1.98. The molecule has 0 radical (unpaired) electrons. The number of nitrogens with one attached hydrogen (secondary N) is 1. The first-order valence-electron chi connectivity index (χ1n) is 7.90. The molecule has 0 saturated carbocycles. The van der Waals surface area contributed by atoms with E-state index >= 15 is 0 Å². The van der Waals surface area contributed by atoms with Crippen molar-refractivity contribution < 1.29 is 9.59 Å². The molecule has 2 aliphatic rings. The summed E-state index contributed by atoms with van der Waals surface area (Å²) in [5.74, 6) is 0.985. The zero-order valence-corrected chi connectivity index (χ0v) is 14.0. The first kappa shape index (κ1) is 18.2. The molecule has 1 unspecified atom stereocenters. The molecule has 0 bridgehead atoms. The van der Waals surface area contributed by atoms with Crippen molar-refractivity contribution in [3.8, 4) is 0 Å². The smallest absolute Gasteiger partial charge is 0.245 e. The lowest BCUT2D eigenvalue weighted by Crippen LogP contribution is -2.51. The van der Waals surface area contributed by atoms with E-state index in [1.807, 2.05) is 18.9 Å². The Morgan fingerprint density at radius 2 is 2.00 bits per heavy atom. The number of halogens is 1. The third kappa shape index (κ3) is 4.33. The van der Waals surface area contributed by atoms with Crippen LogP contribution in [0.15, 0.2) is 0 Å². The van der Waals surface area contributed by atoms with Gasteiger partial charge < -0.3 is 15.1 Å². The highest BCUT2D eigenvalue weighted by Gasteiger charge is 2.35. The number of carbonyl (C=O) groups is 2. The molecule has 0 aromatic heterocycles. The van der Waals surface area contributed by atoms with Crippen LogP contribution in [0.5, 0.6) is 0 Å². The standard InChI is InChI=1S/C15H27N3O2.ClH/c1-3-13(18-8-4-5-14(18)19)15(20)17-9-6-12(7-10-17)11-16-2;/h12-13,16H,3-11H2,1-2H3;1H. The summed E-state index contributed by atoms with van der Waals surface area (Å²) in [5.41, 5.74) is 0. The van der Waals surface area contributed by atoms with E-state index in [4.69, 9.17) is 0 Å². The van der Waals surface area contributed by atoms with Gasteiger partial charge in [-0.3, -0.25) is 9.59 Å². The summed E-state index contributed by atoms with van der Waals surface area (Å²) in [4.78, 5) is 28.2. The summed E-state index contributed by atoms with van der Waals surface area (Å²) >= 11 is 0. The molecule has 21 heavy (non-hydrogen) atoms. The largest absolute Gasteiger partial charge is 0.341 e. The first-order valence-corrected chi connectivity index (χ1v) is 7.90. The quantitative estimate of drug-likeness (QED) is 0.831. The van der Waals surface area contributed by atoms with Gasteiger partial charge in [-0.25, -0.2) is 0 Å². The van der Waals surface area contributed by atoms with E-state index in [-0.39, 0.29) is 30.3 Å². The molecule has 0 spiro atoms. The van der Waals surface area contributed by atoms with Crippen LogP contribution in [0.3, 0.4) is 0 Å². The average molecular weight is 318 g/mol. The van der Waals surface area contributed by atoms with E-state index in [2.05, 4.69) is 5.32 Å². The van der Waals surface area contributed by atoms with Crippen LogP contribution in [-0.4, -0.2) is 60.9 Å². The van der Waals surface area contributed by atoms with Crippen LogP contribution >= 0.6 is 12.4 Å². The third-order valence-corrected chi connectivity index (χ3v) is 4.58. The van der Waals surface area contributed by atoms with Crippen LogP contribution in [0.2, 0.25) is 0 Å². The van der Waals surface area contributed by atoms with Crippen LogP contribution < -0.4 is 5.32 Å². The van der Waals surface area contributed by atoms with Gasteiger partial charge in [0.2, 0.25) is 11.8 Å². The molecule has 2 rings (SSSR count). The molecule has 2 aliphatic heterocycles. The number of nitrogens with zero attached hydrogens (tertiary/aromatic N) is 2. The number of hydrogen-bond donors (Lipinski definition) is 1. The van der Waals surface area contributed by atoms with Crippen molar-refractivity contribution in [1.29, 1.82) is 0 Å². The van der Waals surface area contributed by atoms with Crippen LogP contribution in [0, 0.1) is 5.92 Å². The molecule has 2 fully saturated rings. The molecule has 1 atom stereocenters. The molecular weight excluding hydrogens is 290 g/mol. The molecule has 5 nitrogen and oxygen atoms in total. The van der Waals surface area contributed by atoms with Gasteiger partial charge in [-0.05, 0) is 45.2 Å². The second-order valence-corrected chi connectivity index (χ2v) is 5.94. The Morgan fingerprint density at radius 3 is 2.48 bits per heavy atom. The topological polar surface area (TPSA) is 52.7 Å². The maximum atomic E-state index is 12.6. The normalized spacial score (nSPS) is 21.3. The number of piperidine rings is 1. The predicted octanol–water partition coefficient (Wildman–Crippen LogP) is 1.27. The summed E-state index contributed by atoms with van der Waals surface area (Å²) in [6.45, 7) is 5.46. The van der Waals surface area contributed by atoms with E-state index in [1.54, 1.807) is 4.90 Å². The lowest BCUT2D eigenvalue weighted by Gasteiger charge is -2.36. The zero-order valence-electron chi connectivity index (χ0n) is 13.1. The monoisotopic (exact) mass is 317 g/mol. The third-order valence-electron chi connectivity index (χ3n) is 4.58. The van der Waals surface area contributed by atoms with E-state index in [0.717, 1.165) is 51.9 Å². The van der Waals surface area contributed by atoms with Gasteiger partial charge >= 0.3 is 0 Å². The number of amides is 2. The van der Waals surface area contributed by atoms with Crippen molar-refractivity contribution in [2.75, 3.05) is 33.2 Å². The van der Waals surface area contributed by atoms with Gasteiger partial charge in [-0.1, -0.05) is 6.92 Å². The SMILES string of the molecule is CCC(C(=O)N1CCC(CNC)CC1)N1CCCC1=O.Cl. The lowest BCUT2D eigenvalue weighted by molar-refractivity contribution is -0.144. The fraction of sp³-hybridized carbons (Fsp3) is 0.867. The van der Waals surface area contributed by atoms with E-state index < -0.39 is 0 Å². The second kappa shape index (κ2) is 8.59. The van der Waals surface area contributed by atoms with Gasteiger partial charge in [0.15, 0.2) is 0 Å². The highest BCUT2D eigenvalue weighted by Crippen LogP contribution is 2.21. The second-order valence-electron chi connectivity index (χ2n) is 5.94. The van der Waals surface area contributed by atoms with Gasteiger partial charge in [-0.2, -0.15) is 0 Å². The highest BCUT2D eigenvalue weighted by atomic mass is 35.5. The minimum absolute atomic E-state index is 0. The number of carbonyl (C=O) groups excluding carboxylic acids is 2. The average Bonchev–Trinajstić information content (AvgIpc) is 2.87. The highest BCUT2D eigenvalue weighted by molar-refractivity contribution is 5.88. The predicted molar refractivity (Wildman–Crippen MR) is 85.5 cm³/mol. The lowest BCUT2D eigenvalue weighted by atomic mass is 9.96. The molecule has 6 heteroatoms. The van der Waals surface area contributed by atoms with Gasteiger partial charge in [0.25, 0.3) is 0 Å². The minimum atomic E-state index is -0.231. The van der Waals surface area contributed by atoms with Gasteiger partial charge in [0, 0.05) is 26.1 Å². The van der Waals surface area contributed by atoms with Crippen LogP contribution in [0.1, 0.15) is 39.0 Å². The van der Waals surface area contributed by atoms with Crippen LogP contribution in [-0.2, 0) is 9.59 Å². The van der Waals surface area contributed by atoms with Crippen molar-refractivity contribution in [2.24, 2.45) is 5.92 Å². The Kier molecular flexibility index (Phi) is 7.46. The molecule has 2 heterocycles. The number of rotatable bonds is 5. The first-order chi connectivity index (χ1) is 9.67. The molecule has 0 aliphatic carbocycles. The summed E-state index contributed by atoms with van der Waals surface area (Å²) in [6, 6.07) is -0.231. The number of likely N-dealkylation sites (tertiary alicyclic amines) is 2. The van der Waals surface area contributed by atoms with Gasteiger partial charge in [0.05, 0.1) is 0 Å². The van der Waals surface area contributed by atoms with Crippen molar-refractivity contribution in [3.05, 3.63) is 0 Å². The Bertz CT molecular complexity index is 357. The molecular formula is C15H28ClN3O2. The number of hydrogen-bond acceptors (Lipinski definition) is 3. The molecule has 0 aromatic carbocycles. The summed E-state index contributed by atoms with van der Waals surface area (Å²) in [6.07, 6.45) is 4.36. The van der Waals surface area contributed by atoms with E-state index in [1.165, 1.54) is 0 Å². The molecule has 0 aromatic rings. The fourth-order valence-electron chi connectivity index (χ4n) is 3.38. The Labute approximate surface area is 133 Å². The summed E-state index contributed by atoms with van der Waals surface area (Å²) < 4.78 is 0. The van der Waals surface area contributed by atoms with Crippen molar-refractivity contribution >= 4 is 24.2 Å². The minimum Gasteiger partial charge on any atom is -0.341 e. The van der Waals surface area contributed by atoms with Gasteiger partial charge in [0.1, 0.15) is 6.04 Å². The van der Waals surface area contributed by atoms with Gasteiger partial charge in [-0.15, -0.1) is 12.4 Å². The fourth-order valence-corrected chi connectivity index (χ4v) is 3.38. The van der Waals surface area contributed by atoms with Crippen molar-refractivity contribution in [1.82, 2.24) is 15.1 Å². The molecule has 122 valence electrons.